The number of carbonyl (C=O) groups excluding carboxylic acids is 5. The standard InChI is InChI=1S/C36H47N5O12/c1-35(2,3)52-31(43)37-17-18-38(34(46)53-36(4,5)6)27(20-37)22-39(33(45)51-28-15-13-25(14-16-28)41(47)48)26-19-29(30(42)49-7)40(21-26)32(44)50-23-24-11-9-8-10-12-24/h8-16,26-27,29H,17-23H2,1-7H3/t26-,27?,29-/m0/s1. The lowest BCUT2D eigenvalue weighted by molar-refractivity contribution is -0.384. The second-order valence-corrected chi connectivity index (χ2v) is 14.6. The first kappa shape index (κ1) is 40.2. The van der Waals surface area contributed by atoms with Gasteiger partial charge in [-0.3, -0.25) is 19.9 Å². The van der Waals surface area contributed by atoms with Crippen molar-refractivity contribution in [3.05, 3.63) is 70.3 Å². The summed E-state index contributed by atoms with van der Waals surface area (Å²) in [6.45, 7) is 9.90. The normalized spacial score (nSPS) is 18.8. The van der Waals surface area contributed by atoms with Gasteiger partial charge in [0, 0.05) is 51.3 Å². The molecule has 288 valence electrons. The zero-order valence-corrected chi connectivity index (χ0v) is 31.0. The highest BCUT2D eigenvalue weighted by molar-refractivity contribution is 5.83. The van der Waals surface area contributed by atoms with Crippen LogP contribution < -0.4 is 4.74 Å². The number of ether oxygens (including phenoxy) is 5. The molecular weight excluding hydrogens is 694 g/mol. The van der Waals surface area contributed by atoms with E-state index in [1.807, 2.05) is 6.07 Å². The first-order valence-electron chi connectivity index (χ1n) is 17.1. The first-order valence-corrected chi connectivity index (χ1v) is 17.1. The Labute approximate surface area is 307 Å². The van der Waals surface area contributed by atoms with E-state index in [0.29, 0.717) is 5.56 Å². The zero-order chi connectivity index (χ0) is 39.1. The van der Waals surface area contributed by atoms with Crippen molar-refractivity contribution >= 4 is 36.0 Å². The summed E-state index contributed by atoms with van der Waals surface area (Å²) in [5, 5.41) is 11.2. The third kappa shape index (κ3) is 11.2. The van der Waals surface area contributed by atoms with Crippen LogP contribution in [-0.4, -0.2) is 124 Å². The Bertz CT molecular complexity index is 1640. The van der Waals surface area contributed by atoms with E-state index in [1.165, 1.54) is 51.0 Å². The Balaban J connectivity index is 1.68. The molecule has 2 saturated heterocycles. The van der Waals surface area contributed by atoms with Crippen LogP contribution >= 0.6 is 0 Å². The number of non-ortho nitro benzene ring substituents is 1. The fraction of sp³-hybridized carbons (Fsp3) is 0.528. The van der Waals surface area contributed by atoms with Gasteiger partial charge in [-0.15, -0.1) is 0 Å². The van der Waals surface area contributed by atoms with E-state index in [0.717, 1.165) is 0 Å². The highest BCUT2D eigenvalue weighted by Crippen LogP contribution is 2.28. The Morgan fingerprint density at radius 3 is 2.04 bits per heavy atom. The number of methoxy groups -OCH3 is 1. The van der Waals surface area contributed by atoms with Crippen LogP contribution in [0.3, 0.4) is 0 Å². The fourth-order valence-electron chi connectivity index (χ4n) is 5.86. The molecular formula is C36H47N5O12. The molecule has 2 aromatic carbocycles. The maximum absolute atomic E-state index is 14.1. The number of nitro groups is 1. The molecule has 1 unspecified atom stereocenters. The van der Waals surface area contributed by atoms with Gasteiger partial charge < -0.3 is 33.5 Å². The molecule has 0 saturated carbocycles. The highest BCUT2D eigenvalue weighted by atomic mass is 16.6. The van der Waals surface area contributed by atoms with E-state index in [-0.39, 0.29) is 57.2 Å². The largest absolute Gasteiger partial charge is 0.467 e. The molecule has 4 rings (SSSR count). The van der Waals surface area contributed by atoms with Crippen molar-refractivity contribution in [3.63, 3.8) is 0 Å². The Hall–Kier alpha value is -5.61. The lowest BCUT2D eigenvalue weighted by Gasteiger charge is -2.44. The van der Waals surface area contributed by atoms with Gasteiger partial charge in [-0.05, 0) is 59.2 Å². The van der Waals surface area contributed by atoms with Crippen molar-refractivity contribution in [2.45, 2.75) is 83.9 Å². The van der Waals surface area contributed by atoms with E-state index in [9.17, 15) is 34.1 Å². The minimum absolute atomic E-state index is 0.0183. The molecule has 0 bridgehead atoms. The third-order valence-electron chi connectivity index (χ3n) is 8.29. The van der Waals surface area contributed by atoms with Crippen LogP contribution in [0.2, 0.25) is 0 Å². The van der Waals surface area contributed by atoms with Gasteiger partial charge in [-0.25, -0.2) is 24.0 Å². The van der Waals surface area contributed by atoms with E-state index in [2.05, 4.69) is 0 Å². The predicted octanol–water partition coefficient (Wildman–Crippen LogP) is 5.20. The van der Waals surface area contributed by atoms with Crippen molar-refractivity contribution in [2.75, 3.05) is 39.8 Å². The molecule has 0 N–H and O–H groups in total. The lowest BCUT2D eigenvalue weighted by Crippen LogP contribution is -2.62. The summed E-state index contributed by atoms with van der Waals surface area (Å²) in [7, 11) is 1.18. The van der Waals surface area contributed by atoms with Gasteiger partial charge >= 0.3 is 30.3 Å². The fourth-order valence-corrected chi connectivity index (χ4v) is 5.86. The summed E-state index contributed by atoms with van der Waals surface area (Å²) >= 11 is 0. The number of likely N-dealkylation sites (tertiary alicyclic amines) is 1. The van der Waals surface area contributed by atoms with Crippen LogP contribution in [-0.2, 0) is 30.3 Å². The SMILES string of the molecule is COC(=O)[C@@H]1C[C@H](N(CC2CN(C(=O)OC(C)(C)C)CCN2C(=O)OC(C)(C)C)C(=O)Oc2ccc([N+](=O)[O-])cc2)CN1C(=O)OCc1ccccc1. The number of nitrogens with zero attached hydrogens (tertiary/aromatic N) is 5. The summed E-state index contributed by atoms with van der Waals surface area (Å²) in [4.78, 5) is 83.2. The number of esters is 1. The molecule has 0 spiro atoms. The Kier molecular flexibility index (Phi) is 12.7. The minimum Gasteiger partial charge on any atom is -0.467 e. The van der Waals surface area contributed by atoms with E-state index in [4.69, 9.17) is 23.7 Å². The Morgan fingerprint density at radius 2 is 1.45 bits per heavy atom. The van der Waals surface area contributed by atoms with Gasteiger partial charge in [0.1, 0.15) is 29.6 Å². The monoisotopic (exact) mass is 741 g/mol. The maximum Gasteiger partial charge on any atom is 0.415 e. The number of hydrogen-bond donors (Lipinski definition) is 0. The van der Waals surface area contributed by atoms with Crippen LogP contribution in [0.5, 0.6) is 5.75 Å². The molecule has 0 aromatic heterocycles. The molecule has 2 fully saturated rings. The number of rotatable bonds is 8. The van der Waals surface area contributed by atoms with Crippen LogP contribution in [0.15, 0.2) is 54.6 Å². The molecule has 0 aliphatic carbocycles. The molecule has 3 atom stereocenters. The van der Waals surface area contributed by atoms with Crippen LogP contribution in [0.1, 0.15) is 53.5 Å². The summed E-state index contributed by atoms with van der Waals surface area (Å²) in [5.74, 6) is -0.757. The van der Waals surface area contributed by atoms with E-state index < -0.39 is 64.6 Å². The Morgan fingerprint density at radius 1 is 0.830 bits per heavy atom. The summed E-state index contributed by atoms with van der Waals surface area (Å²) in [6.07, 6.45) is -3.15. The molecule has 0 radical (unpaired) electrons. The number of amides is 4. The molecule has 2 aliphatic rings. The van der Waals surface area contributed by atoms with E-state index >= 15 is 0 Å². The van der Waals surface area contributed by atoms with Gasteiger partial charge in [-0.1, -0.05) is 30.3 Å². The number of hydrogen-bond acceptors (Lipinski definition) is 12. The maximum atomic E-state index is 14.1. The summed E-state index contributed by atoms with van der Waals surface area (Å²) < 4.78 is 27.5. The average Bonchev–Trinajstić information content (AvgIpc) is 3.53. The van der Waals surface area contributed by atoms with Crippen molar-refractivity contribution < 1.29 is 52.6 Å². The molecule has 2 heterocycles. The lowest BCUT2D eigenvalue weighted by atomic mass is 10.1. The van der Waals surface area contributed by atoms with Crippen molar-refractivity contribution in [2.24, 2.45) is 0 Å². The topological polar surface area (TPSA) is 188 Å². The zero-order valence-electron chi connectivity index (χ0n) is 31.0. The minimum atomic E-state index is -1.14. The third-order valence-corrected chi connectivity index (χ3v) is 8.29. The number of piperazine rings is 1. The van der Waals surface area contributed by atoms with Crippen LogP contribution in [0.4, 0.5) is 24.9 Å². The smallest absolute Gasteiger partial charge is 0.415 e. The molecule has 17 heteroatoms. The average molecular weight is 742 g/mol. The van der Waals surface area contributed by atoms with Crippen molar-refractivity contribution in [1.82, 2.24) is 19.6 Å². The van der Waals surface area contributed by atoms with Crippen molar-refractivity contribution in [3.8, 4) is 5.75 Å². The first-order chi connectivity index (χ1) is 24.8. The van der Waals surface area contributed by atoms with Crippen LogP contribution in [0.25, 0.3) is 0 Å². The second-order valence-electron chi connectivity index (χ2n) is 14.6. The highest BCUT2D eigenvalue weighted by Gasteiger charge is 2.47. The molecule has 2 aromatic rings. The van der Waals surface area contributed by atoms with Gasteiger partial charge in [0.2, 0.25) is 0 Å². The predicted molar refractivity (Wildman–Crippen MR) is 188 cm³/mol. The number of nitro benzene ring substituents is 1. The number of carbonyl (C=O) groups is 5. The quantitative estimate of drug-likeness (QED) is 0.149. The summed E-state index contributed by atoms with van der Waals surface area (Å²) in [5.41, 5.74) is -1.17. The van der Waals surface area contributed by atoms with Gasteiger partial charge in [0.15, 0.2) is 0 Å². The van der Waals surface area contributed by atoms with E-state index in [1.54, 1.807) is 65.8 Å². The van der Waals surface area contributed by atoms with Gasteiger partial charge in [-0.2, -0.15) is 0 Å². The molecule has 53 heavy (non-hydrogen) atoms. The van der Waals surface area contributed by atoms with Gasteiger partial charge in [0.05, 0.1) is 24.1 Å². The molecule has 4 amide bonds. The molecule has 17 nitrogen and oxygen atoms in total. The second kappa shape index (κ2) is 16.8. The van der Waals surface area contributed by atoms with Crippen LogP contribution in [0, 0.1) is 10.1 Å². The number of benzene rings is 2. The van der Waals surface area contributed by atoms with Gasteiger partial charge in [0.25, 0.3) is 5.69 Å². The summed E-state index contributed by atoms with van der Waals surface area (Å²) in [6, 6.07) is 10.9. The van der Waals surface area contributed by atoms with Crippen molar-refractivity contribution in [1.29, 1.82) is 0 Å². The molecule has 2 aliphatic heterocycles.